The quantitative estimate of drug-likeness (QED) is 0.380. The molecule has 0 unspecified atom stereocenters. The highest BCUT2D eigenvalue weighted by Gasteiger charge is 2.20. The van der Waals surface area contributed by atoms with Gasteiger partial charge in [0.1, 0.15) is 23.0 Å². The number of benzene rings is 2. The molecule has 0 amide bonds. The molecule has 6 nitrogen and oxygen atoms in total. The third-order valence-electron chi connectivity index (χ3n) is 5.52. The Hall–Kier alpha value is -3.38. The second-order valence-corrected chi connectivity index (χ2v) is 8.11. The van der Waals surface area contributed by atoms with E-state index in [1.807, 2.05) is 45.0 Å². The summed E-state index contributed by atoms with van der Waals surface area (Å²) in [6.45, 7) is 5.74. The number of H-pyrrole nitrogens is 1. The standard InChI is InChI=1S/C24H21ClN4O2/c1-12-22(13(2)31-29-12)18-10-19-17(11-21(18)30-4)23-20(26-14(3)27-24(23)28-19)9-15-6-5-7-16(25)8-15/h5-8,10-11H,9H2,1-4H3,(H,26,27,28). The van der Waals surface area contributed by atoms with Gasteiger partial charge in [0.2, 0.25) is 0 Å². The van der Waals surface area contributed by atoms with E-state index in [0.717, 1.165) is 61.5 Å². The van der Waals surface area contributed by atoms with Crippen molar-refractivity contribution < 1.29 is 9.26 Å². The molecule has 0 saturated carbocycles. The fourth-order valence-corrected chi connectivity index (χ4v) is 4.43. The first-order valence-electron chi connectivity index (χ1n) is 9.99. The molecule has 2 aromatic carbocycles. The molecule has 0 aliphatic heterocycles. The first-order valence-corrected chi connectivity index (χ1v) is 10.4. The minimum absolute atomic E-state index is 0.654. The van der Waals surface area contributed by atoms with E-state index in [0.29, 0.717) is 17.3 Å². The summed E-state index contributed by atoms with van der Waals surface area (Å²) in [6, 6.07) is 12.0. The van der Waals surface area contributed by atoms with E-state index in [2.05, 4.69) is 27.3 Å². The zero-order valence-corrected chi connectivity index (χ0v) is 18.5. The number of halogens is 1. The maximum atomic E-state index is 6.20. The number of nitrogens with one attached hydrogen (secondary N) is 1. The van der Waals surface area contributed by atoms with E-state index in [1.165, 1.54) is 0 Å². The molecular weight excluding hydrogens is 412 g/mol. The predicted molar refractivity (Wildman–Crippen MR) is 122 cm³/mol. The van der Waals surface area contributed by atoms with Crippen LogP contribution in [0.25, 0.3) is 33.1 Å². The molecule has 0 aliphatic carbocycles. The molecule has 1 N–H and O–H groups in total. The van der Waals surface area contributed by atoms with Gasteiger partial charge in [-0.05, 0) is 50.6 Å². The number of hydrogen-bond donors (Lipinski definition) is 1. The Balaban J connectivity index is 1.76. The molecule has 0 saturated heterocycles. The highest BCUT2D eigenvalue weighted by Crippen LogP contribution is 2.40. The van der Waals surface area contributed by atoms with E-state index in [-0.39, 0.29) is 0 Å². The van der Waals surface area contributed by atoms with Crippen LogP contribution in [0, 0.1) is 20.8 Å². The van der Waals surface area contributed by atoms with Crippen LogP contribution in [0.5, 0.6) is 5.75 Å². The topological polar surface area (TPSA) is 76.8 Å². The zero-order chi connectivity index (χ0) is 21.7. The minimum atomic E-state index is 0.654. The van der Waals surface area contributed by atoms with Crippen LogP contribution in [0.1, 0.15) is 28.5 Å². The van der Waals surface area contributed by atoms with Crippen molar-refractivity contribution in [2.24, 2.45) is 0 Å². The minimum Gasteiger partial charge on any atom is -0.496 e. The highest BCUT2D eigenvalue weighted by molar-refractivity contribution is 6.30. The fourth-order valence-electron chi connectivity index (χ4n) is 4.22. The Morgan fingerprint density at radius 3 is 2.65 bits per heavy atom. The summed E-state index contributed by atoms with van der Waals surface area (Å²) in [7, 11) is 1.67. The number of nitrogens with zero attached hydrogens (tertiary/aromatic N) is 3. The van der Waals surface area contributed by atoms with Crippen LogP contribution in [0.3, 0.4) is 0 Å². The molecule has 5 aromatic rings. The van der Waals surface area contributed by atoms with Crippen LogP contribution >= 0.6 is 11.6 Å². The molecule has 0 bridgehead atoms. The number of aromatic nitrogens is 4. The van der Waals surface area contributed by atoms with E-state index in [4.69, 9.17) is 25.8 Å². The molecular formula is C24H21ClN4O2. The van der Waals surface area contributed by atoms with Crippen molar-refractivity contribution in [1.29, 1.82) is 0 Å². The second kappa shape index (κ2) is 7.39. The van der Waals surface area contributed by atoms with Crippen LogP contribution in [0.2, 0.25) is 5.02 Å². The number of ether oxygens (including phenoxy) is 1. The van der Waals surface area contributed by atoms with Gasteiger partial charge in [-0.2, -0.15) is 0 Å². The number of aromatic amines is 1. The zero-order valence-electron chi connectivity index (χ0n) is 17.7. The van der Waals surface area contributed by atoms with Crippen LogP contribution in [-0.4, -0.2) is 27.2 Å². The summed E-state index contributed by atoms with van der Waals surface area (Å²) in [4.78, 5) is 12.9. The van der Waals surface area contributed by atoms with Crippen molar-refractivity contribution in [3.8, 4) is 16.9 Å². The van der Waals surface area contributed by atoms with Crippen LogP contribution in [-0.2, 0) is 6.42 Å². The number of aryl methyl sites for hydroxylation is 3. The largest absolute Gasteiger partial charge is 0.496 e. The van der Waals surface area contributed by atoms with Gasteiger partial charge in [-0.15, -0.1) is 0 Å². The lowest BCUT2D eigenvalue weighted by molar-refractivity contribution is 0.393. The van der Waals surface area contributed by atoms with E-state index in [9.17, 15) is 0 Å². The summed E-state index contributed by atoms with van der Waals surface area (Å²) < 4.78 is 11.1. The van der Waals surface area contributed by atoms with Crippen LogP contribution in [0.15, 0.2) is 40.9 Å². The molecule has 7 heteroatoms. The normalized spacial score (nSPS) is 11.5. The third kappa shape index (κ3) is 3.33. The van der Waals surface area contributed by atoms with Crippen molar-refractivity contribution in [3.63, 3.8) is 0 Å². The van der Waals surface area contributed by atoms with Gasteiger partial charge in [-0.3, -0.25) is 0 Å². The first kappa shape index (κ1) is 19.6. The molecule has 0 aliphatic rings. The molecule has 3 heterocycles. The van der Waals surface area contributed by atoms with Crippen LogP contribution in [0.4, 0.5) is 0 Å². The van der Waals surface area contributed by atoms with Crippen molar-refractivity contribution in [1.82, 2.24) is 20.1 Å². The Morgan fingerprint density at radius 2 is 1.94 bits per heavy atom. The Morgan fingerprint density at radius 1 is 1.10 bits per heavy atom. The summed E-state index contributed by atoms with van der Waals surface area (Å²) >= 11 is 6.20. The number of methoxy groups -OCH3 is 1. The lowest BCUT2D eigenvalue weighted by Crippen LogP contribution is -1.98. The fraction of sp³-hybridized carbons (Fsp3) is 0.208. The van der Waals surface area contributed by atoms with Gasteiger partial charge in [0.05, 0.1) is 24.1 Å². The van der Waals surface area contributed by atoms with Crippen molar-refractivity contribution >= 4 is 33.5 Å². The third-order valence-corrected chi connectivity index (χ3v) is 5.76. The van der Waals surface area contributed by atoms with Gasteiger partial charge in [0, 0.05) is 33.3 Å². The molecule has 156 valence electrons. The highest BCUT2D eigenvalue weighted by atomic mass is 35.5. The number of fused-ring (bicyclic) bond motifs is 3. The lowest BCUT2D eigenvalue weighted by Gasteiger charge is -2.09. The van der Waals surface area contributed by atoms with E-state index in [1.54, 1.807) is 7.11 Å². The van der Waals surface area contributed by atoms with Crippen molar-refractivity contribution in [2.45, 2.75) is 27.2 Å². The molecule has 0 radical (unpaired) electrons. The smallest absolute Gasteiger partial charge is 0.142 e. The molecule has 3 aromatic heterocycles. The van der Waals surface area contributed by atoms with E-state index < -0.39 is 0 Å². The average molecular weight is 433 g/mol. The van der Waals surface area contributed by atoms with Crippen molar-refractivity contribution in [2.75, 3.05) is 7.11 Å². The second-order valence-electron chi connectivity index (χ2n) is 7.67. The Kier molecular flexibility index (Phi) is 4.67. The van der Waals surface area contributed by atoms with Gasteiger partial charge in [0.15, 0.2) is 0 Å². The number of rotatable bonds is 4. The Labute approximate surface area is 184 Å². The maximum Gasteiger partial charge on any atom is 0.142 e. The van der Waals surface area contributed by atoms with Gasteiger partial charge in [-0.1, -0.05) is 28.9 Å². The monoisotopic (exact) mass is 432 g/mol. The van der Waals surface area contributed by atoms with E-state index >= 15 is 0 Å². The van der Waals surface area contributed by atoms with Gasteiger partial charge in [0.25, 0.3) is 0 Å². The van der Waals surface area contributed by atoms with Crippen molar-refractivity contribution in [3.05, 3.63) is 70.0 Å². The van der Waals surface area contributed by atoms with Gasteiger partial charge < -0.3 is 14.2 Å². The molecule has 0 fully saturated rings. The molecule has 31 heavy (non-hydrogen) atoms. The number of hydrogen-bond acceptors (Lipinski definition) is 5. The van der Waals surface area contributed by atoms with Crippen LogP contribution < -0.4 is 4.74 Å². The first-order chi connectivity index (χ1) is 14.9. The maximum absolute atomic E-state index is 6.20. The summed E-state index contributed by atoms with van der Waals surface area (Å²) in [6.07, 6.45) is 0.654. The Bertz CT molecular complexity index is 1430. The molecule has 5 rings (SSSR count). The van der Waals surface area contributed by atoms with Gasteiger partial charge in [-0.25, -0.2) is 9.97 Å². The molecule has 0 spiro atoms. The summed E-state index contributed by atoms with van der Waals surface area (Å²) in [5.74, 6) is 2.22. The average Bonchev–Trinajstić information content (AvgIpc) is 3.25. The summed E-state index contributed by atoms with van der Waals surface area (Å²) in [5.41, 5.74) is 6.50. The summed E-state index contributed by atoms with van der Waals surface area (Å²) in [5, 5.41) is 6.81. The SMILES string of the molecule is COc1cc2c(cc1-c1c(C)noc1C)[nH]c1nc(C)nc(Cc3cccc(Cl)c3)c12. The molecule has 0 atom stereocenters. The van der Waals surface area contributed by atoms with Gasteiger partial charge >= 0.3 is 0 Å². The predicted octanol–water partition coefficient (Wildman–Crippen LogP) is 5.94. The lowest BCUT2D eigenvalue weighted by atomic mass is 9.99.